The van der Waals surface area contributed by atoms with Gasteiger partial charge in [0.05, 0.1) is 28.1 Å². The lowest BCUT2D eigenvalue weighted by atomic mass is 10.2. The van der Waals surface area contributed by atoms with Gasteiger partial charge in [0.2, 0.25) is 0 Å². The first kappa shape index (κ1) is 22.6. The van der Waals surface area contributed by atoms with E-state index in [0.29, 0.717) is 22.3 Å². The van der Waals surface area contributed by atoms with Crippen molar-refractivity contribution in [2.45, 2.75) is 17.9 Å². The molecule has 0 aliphatic rings. The van der Waals surface area contributed by atoms with Gasteiger partial charge in [0.15, 0.2) is 0 Å². The number of anilines is 1. The summed E-state index contributed by atoms with van der Waals surface area (Å²) in [5.41, 5.74) is 0.882. The number of rotatable bonds is 8. The molecule has 0 fully saturated rings. The Hall–Kier alpha value is -3.11. The molecule has 1 atom stereocenters. The zero-order chi connectivity index (χ0) is 22.9. The highest BCUT2D eigenvalue weighted by Gasteiger charge is 2.25. The summed E-state index contributed by atoms with van der Waals surface area (Å²) in [6.07, 6.45) is 1.53. The van der Waals surface area contributed by atoms with Crippen LogP contribution in [0.15, 0.2) is 53.6 Å². The fourth-order valence-corrected chi connectivity index (χ4v) is 4.88. The molecule has 166 valence electrons. The lowest BCUT2D eigenvalue weighted by Crippen LogP contribution is -2.37. The van der Waals surface area contributed by atoms with Crippen LogP contribution in [0.25, 0.3) is 10.9 Å². The zero-order valence-corrected chi connectivity index (χ0v) is 19.0. The Labute approximate surface area is 181 Å². The van der Waals surface area contributed by atoms with Crippen molar-refractivity contribution in [3.05, 3.63) is 58.8 Å². The van der Waals surface area contributed by atoms with E-state index in [4.69, 9.17) is 4.74 Å². The number of nitrogens with zero attached hydrogens (tertiary/aromatic N) is 4. The number of benzene rings is 2. The Kier molecular flexibility index (Phi) is 6.23. The highest BCUT2D eigenvalue weighted by molar-refractivity contribution is 7.90. The number of nitro groups is 1. The minimum atomic E-state index is -3.93. The SMILES string of the molecule is COc1ccc(S(=O)(=O)n2cc(N(C)C(C)CN(C)C)c3cc([N+](=O)[O-])ccc32)cc1. The van der Waals surface area contributed by atoms with Crippen LogP contribution in [0.5, 0.6) is 5.75 Å². The van der Waals surface area contributed by atoms with Crippen molar-refractivity contribution in [1.29, 1.82) is 0 Å². The third kappa shape index (κ3) is 4.35. The molecule has 1 unspecified atom stereocenters. The maximum absolute atomic E-state index is 13.4. The summed E-state index contributed by atoms with van der Waals surface area (Å²) >= 11 is 0. The first-order chi connectivity index (χ1) is 14.6. The summed E-state index contributed by atoms with van der Waals surface area (Å²) in [5, 5.41) is 11.8. The third-order valence-corrected chi connectivity index (χ3v) is 6.92. The third-order valence-electron chi connectivity index (χ3n) is 5.23. The van der Waals surface area contributed by atoms with Crippen LogP contribution >= 0.6 is 0 Å². The molecule has 2 aromatic carbocycles. The van der Waals surface area contributed by atoms with Gasteiger partial charge >= 0.3 is 0 Å². The maximum atomic E-state index is 13.4. The Morgan fingerprint density at radius 3 is 2.32 bits per heavy atom. The van der Waals surface area contributed by atoms with E-state index in [1.54, 1.807) is 12.1 Å². The van der Waals surface area contributed by atoms with Crippen molar-refractivity contribution in [1.82, 2.24) is 8.87 Å². The average molecular weight is 447 g/mol. The molecule has 0 N–H and O–H groups in total. The molecule has 3 aromatic rings. The van der Waals surface area contributed by atoms with E-state index in [9.17, 15) is 18.5 Å². The second-order valence-electron chi connectivity index (χ2n) is 7.67. The van der Waals surface area contributed by atoms with E-state index in [2.05, 4.69) is 0 Å². The van der Waals surface area contributed by atoms with Gasteiger partial charge in [-0.3, -0.25) is 10.1 Å². The normalized spacial score (nSPS) is 12.8. The Morgan fingerprint density at radius 1 is 1.13 bits per heavy atom. The minimum Gasteiger partial charge on any atom is -0.497 e. The summed E-state index contributed by atoms with van der Waals surface area (Å²) in [7, 11) is 3.33. The van der Waals surface area contributed by atoms with Crippen LogP contribution in [-0.2, 0) is 10.0 Å². The van der Waals surface area contributed by atoms with Gasteiger partial charge in [0.1, 0.15) is 5.75 Å². The number of nitro benzene ring substituents is 1. The van der Waals surface area contributed by atoms with Gasteiger partial charge in [-0.1, -0.05) is 0 Å². The smallest absolute Gasteiger partial charge is 0.270 e. The predicted molar refractivity (Wildman–Crippen MR) is 121 cm³/mol. The van der Waals surface area contributed by atoms with Crippen molar-refractivity contribution >= 4 is 32.3 Å². The summed E-state index contributed by atoms with van der Waals surface area (Å²) < 4.78 is 33.1. The number of non-ortho nitro benzene ring substituents is 1. The Bertz CT molecular complexity index is 1200. The molecule has 0 saturated heterocycles. The second-order valence-corrected chi connectivity index (χ2v) is 9.49. The van der Waals surface area contributed by atoms with Gasteiger partial charge in [0, 0.05) is 43.4 Å². The topological polar surface area (TPSA) is 97.9 Å². The van der Waals surface area contributed by atoms with Gasteiger partial charge in [-0.25, -0.2) is 12.4 Å². The molecule has 3 rings (SSSR count). The molecule has 0 amide bonds. The van der Waals surface area contributed by atoms with E-state index in [0.717, 1.165) is 6.54 Å². The molecule has 10 heteroatoms. The molecule has 9 nitrogen and oxygen atoms in total. The Morgan fingerprint density at radius 2 is 1.77 bits per heavy atom. The predicted octanol–water partition coefficient (Wildman–Crippen LogP) is 3.18. The first-order valence-corrected chi connectivity index (χ1v) is 11.1. The van der Waals surface area contributed by atoms with Crippen molar-refractivity contribution in [2.75, 3.05) is 39.7 Å². The lowest BCUT2D eigenvalue weighted by Gasteiger charge is -2.28. The molecule has 0 aliphatic carbocycles. The number of hydrogen-bond acceptors (Lipinski definition) is 7. The number of likely N-dealkylation sites (N-methyl/N-ethyl adjacent to an activating group) is 2. The van der Waals surface area contributed by atoms with Crippen LogP contribution < -0.4 is 9.64 Å². The molecular weight excluding hydrogens is 420 g/mol. The zero-order valence-electron chi connectivity index (χ0n) is 18.1. The standard InChI is InChI=1S/C21H26N4O5S/c1-15(13-22(2)3)23(4)21-14-24(20-11-6-16(25(26)27)12-19(20)21)31(28,29)18-9-7-17(30-5)8-10-18/h6-12,14-15H,13H2,1-5H3. The van der Waals surface area contributed by atoms with E-state index in [1.807, 2.05) is 37.9 Å². The fraction of sp³-hybridized carbons (Fsp3) is 0.333. The molecule has 0 saturated carbocycles. The average Bonchev–Trinajstić information content (AvgIpc) is 3.12. The van der Waals surface area contributed by atoms with E-state index >= 15 is 0 Å². The van der Waals surface area contributed by atoms with Crippen LogP contribution in [0, 0.1) is 10.1 Å². The van der Waals surface area contributed by atoms with Gasteiger partial charge in [-0.2, -0.15) is 0 Å². The van der Waals surface area contributed by atoms with Gasteiger partial charge in [-0.05, 0) is 51.4 Å². The number of aromatic nitrogens is 1. The minimum absolute atomic E-state index is 0.0389. The van der Waals surface area contributed by atoms with Crippen LogP contribution in [0.3, 0.4) is 0 Å². The summed E-state index contributed by atoms with van der Waals surface area (Å²) in [4.78, 5) is 14.9. The Balaban J connectivity index is 2.21. The molecule has 0 aliphatic heterocycles. The van der Waals surface area contributed by atoms with Crippen LogP contribution in [0.2, 0.25) is 0 Å². The maximum Gasteiger partial charge on any atom is 0.270 e. The number of fused-ring (bicyclic) bond motifs is 1. The quantitative estimate of drug-likeness (QED) is 0.387. The monoisotopic (exact) mass is 446 g/mol. The first-order valence-electron chi connectivity index (χ1n) is 9.63. The highest BCUT2D eigenvalue weighted by atomic mass is 32.2. The van der Waals surface area contributed by atoms with Crippen molar-refractivity contribution in [2.24, 2.45) is 0 Å². The number of ether oxygens (including phenoxy) is 1. The van der Waals surface area contributed by atoms with E-state index < -0.39 is 14.9 Å². The van der Waals surface area contributed by atoms with Crippen LogP contribution in [-0.4, -0.2) is 63.1 Å². The molecule has 0 radical (unpaired) electrons. The van der Waals surface area contributed by atoms with Crippen molar-refractivity contribution in [3.63, 3.8) is 0 Å². The summed E-state index contributed by atoms with van der Waals surface area (Å²) in [6.45, 7) is 2.74. The van der Waals surface area contributed by atoms with Crippen molar-refractivity contribution < 1.29 is 18.1 Å². The van der Waals surface area contributed by atoms with E-state index in [1.165, 1.54) is 47.6 Å². The largest absolute Gasteiger partial charge is 0.497 e. The highest BCUT2D eigenvalue weighted by Crippen LogP contribution is 2.35. The summed E-state index contributed by atoms with van der Waals surface area (Å²) in [5.74, 6) is 0.546. The molecular formula is C21H26N4O5S. The summed E-state index contributed by atoms with van der Waals surface area (Å²) in [6, 6.07) is 10.4. The molecule has 1 aromatic heterocycles. The second kappa shape index (κ2) is 8.56. The van der Waals surface area contributed by atoms with Gasteiger partial charge in [-0.15, -0.1) is 0 Å². The van der Waals surface area contributed by atoms with Gasteiger partial charge < -0.3 is 14.5 Å². The van der Waals surface area contributed by atoms with Crippen molar-refractivity contribution in [3.8, 4) is 5.75 Å². The number of methoxy groups -OCH3 is 1. The molecule has 0 spiro atoms. The van der Waals surface area contributed by atoms with Crippen LogP contribution in [0.4, 0.5) is 11.4 Å². The number of hydrogen-bond donors (Lipinski definition) is 0. The molecule has 1 heterocycles. The fourth-order valence-electron chi connectivity index (χ4n) is 3.51. The molecule has 31 heavy (non-hydrogen) atoms. The molecule has 0 bridgehead atoms. The lowest BCUT2D eigenvalue weighted by molar-refractivity contribution is -0.384. The van der Waals surface area contributed by atoms with Gasteiger partial charge in [0.25, 0.3) is 15.7 Å². The van der Waals surface area contributed by atoms with Crippen LogP contribution in [0.1, 0.15) is 6.92 Å². The van der Waals surface area contributed by atoms with E-state index in [-0.39, 0.29) is 16.6 Å².